The number of rotatable bonds is 3. The van der Waals surface area contributed by atoms with E-state index in [0.29, 0.717) is 5.69 Å². The zero-order valence-corrected chi connectivity index (χ0v) is 12.8. The predicted octanol–water partition coefficient (Wildman–Crippen LogP) is 4.38. The first-order valence-corrected chi connectivity index (χ1v) is 7.70. The number of hydrogen-bond acceptors (Lipinski definition) is 2. The van der Waals surface area contributed by atoms with Crippen LogP contribution in [0.4, 0.5) is 5.69 Å². The van der Waals surface area contributed by atoms with E-state index >= 15 is 0 Å². The van der Waals surface area contributed by atoms with Crippen molar-refractivity contribution in [2.24, 2.45) is 0 Å². The summed E-state index contributed by atoms with van der Waals surface area (Å²) in [6.07, 6.45) is 1.66. The molecular weight excluding hydrogens is 328 g/mol. The van der Waals surface area contributed by atoms with Crippen molar-refractivity contribution >= 4 is 38.3 Å². The van der Waals surface area contributed by atoms with Gasteiger partial charge in [-0.05, 0) is 29.1 Å². The van der Waals surface area contributed by atoms with Gasteiger partial charge in [-0.1, -0.05) is 52.3 Å². The Morgan fingerprint density at radius 3 is 2.81 bits per heavy atom. The van der Waals surface area contributed by atoms with Gasteiger partial charge >= 0.3 is 0 Å². The number of halogens is 1. The van der Waals surface area contributed by atoms with Crippen LogP contribution in [0.25, 0.3) is 10.8 Å². The lowest BCUT2D eigenvalue weighted by atomic mass is 10.1. The molecule has 0 unspecified atom stereocenters. The Morgan fingerprint density at radius 1 is 1.10 bits per heavy atom. The molecule has 3 aromatic rings. The largest absolute Gasteiger partial charge is 0.321 e. The Hall–Kier alpha value is -2.20. The van der Waals surface area contributed by atoms with Gasteiger partial charge in [-0.3, -0.25) is 9.78 Å². The minimum absolute atomic E-state index is 0.196. The molecule has 21 heavy (non-hydrogen) atoms. The number of hydrogen-bond donors (Lipinski definition) is 1. The van der Waals surface area contributed by atoms with Crippen molar-refractivity contribution in [3.8, 4) is 0 Å². The number of pyridine rings is 1. The summed E-state index contributed by atoms with van der Waals surface area (Å²) in [5.74, 6) is -0.196. The van der Waals surface area contributed by atoms with E-state index in [0.717, 1.165) is 27.4 Å². The molecule has 1 N–H and O–H groups in total. The molecule has 104 valence electrons. The molecule has 0 fully saturated rings. The Balaban J connectivity index is 1.93. The van der Waals surface area contributed by atoms with Crippen LogP contribution in [0.2, 0.25) is 0 Å². The van der Waals surface area contributed by atoms with Crippen LogP contribution in [-0.2, 0) is 5.33 Å². The van der Waals surface area contributed by atoms with Crippen LogP contribution in [0.3, 0.4) is 0 Å². The van der Waals surface area contributed by atoms with Crippen molar-refractivity contribution < 1.29 is 4.79 Å². The number of anilines is 1. The van der Waals surface area contributed by atoms with Crippen LogP contribution in [0.1, 0.15) is 16.1 Å². The maximum atomic E-state index is 12.4. The first-order chi connectivity index (χ1) is 10.3. The summed E-state index contributed by atoms with van der Waals surface area (Å²) in [6, 6.07) is 17.4. The number of alkyl halides is 1. The minimum Gasteiger partial charge on any atom is -0.321 e. The molecular formula is C17H13BrN2O. The van der Waals surface area contributed by atoms with Gasteiger partial charge in [0.05, 0.1) is 0 Å². The van der Waals surface area contributed by atoms with E-state index in [2.05, 4.69) is 26.2 Å². The van der Waals surface area contributed by atoms with Gasteiger partial charge in [0.2, 0.25) is 0 Å². The standard InChI is InChI=1S/C17H13BrN2O/c18-11-12-4-3-6-14(10-12)20-17(21)16-15-7-2-1-5-13(15)8-9-19-16/h1-10H,11H2,(H,20,21). The number of fused-ring (bicyclic) bond motifs is 1. The average molecular weight is 341 g/mol. The molecule has 1 heterocycles. The third-order valence-electron chi connectivity index (χ3n) is 3.23. The minimum atomic E-state index is -0.196. The normalized spacial score (nSPS) is 10.5. The molecule has 0 saturated heterocycles. The van der Waals surface area contributed by atoms with Gasteiger partial charge in [-0.25, -0.2) is 0 Å². The second-order valence-electron chi connectivity index (χ2n) is 4.67. The molecule has 0 aliphatic carbocycles. The number of nitrogens with one attached hydrogen (secondary N) is 1. The summed E-state index contributed by atoms with van der Waals surface area (Å²) in [7, 11) is 0. The molecule has 4 heteroatoms. The summed E-state index contributed by atoms with van der Waals surface area (Å²) in [6.45, 7) is 0. The predicted molar refractivity (Wildman–Crippen MR) is 88.8 cm³/mol. The quantitative estimate of drug-likeness (QED) is 0.718. The molecule has 2 aromatic carbocycles. The summed E-state index contributed by atoms with van der Waals surface area (Å²) in [4.78, 5) is 16.7. The number of carbonyl (C=O) groups is 1. The Kier molecular flexibility index (Phi) is 3.97. The summed E-state index contributed by atoms with van der Waals surface area (Å²) in [5, 5.41) is 5.52. The smallest absolute Gasteiger partial charge is 0.274 e. The molecule has 0 spiro atoms. The SMILES string of the molecule is O=C(Nc1cccc(CBr)c1)c1nccc2ccccc12. The molecule has 0 bridgehead atoms. The zero-order chi connectivity index (χ0) is 14.7. The van der Waals surface area contributed by atoms with Gasteiger partial charge in [0.25, 0.3) is 5.91 Å². The molecule has 0 aliphatic heterocycles. The van der Waals surface area contributed by atoms with Crippen molar-refractivity contribution in [1.82, 2.24) is 4.98 Å². The van der Waals surface area contributed by atoms with Crippen LogP contribution in [0.15, 0.2) is 60.8 Å². The summed E-state index contributed by atoms with van der Waals surface area (Å²) >= 11 is 3.41. The van der Waals surface area contributed by atoms with Gasteiger partial charge in [0, 0.05) is 22.6 Å². The van der Waals surface area contributed by atoms with Crippen LogP contribution in [-0.4, -0.2) is 10.9 Å². The van der Waals surface area contributed by atoms with E-state index in [4.69, 9.17) is 0 Å². The van der Waals surface area contributed by atoms with E-state index < -0.39 is 0 Å². The fraction of sp³-hybridized carbons (Fsp3) is 0.0588. The molecule has 0 radical (unpaired) electrons. The third kappa shape index (κ3) is 2.95. The van der Waals surface area contributed by atoms with E-state index in [1.807, 2.05) is 54.6 Å². The van der Waals surface area contributed by atoms with Crippen molar-refractivity contribution in [3.63, 3.8) is 0 Å². The van der Waals surface area contributed by atoms with Gasteiger partial charge in [0.15, 0.2) is 0 Å². The van der Waals surface area contributed by atoms with Crippen molar-refractivity contribution in [1.29, 1.82) is 0 Å². The van der Waals surface area contributed by atoms with E-state index in [1.54, 1.807) is 6.20 Å². The zero-order valence-electron chi connectivity index (χ0n) is 11.2. The number of benzene rings is 2. The maximum absolute atomic E-state index is 12.4. The molecule has 3 nitrogen and oxygen atoms in total. The fourth-order valence-electron chi connectivity index (χ4n) is 2.22. The molecule has 0 saturated carbocycles. The Bertz CT molecular complexity index is 796. The highest BCUT2D eigenvalue weighted by Gasteiger charge is 2.11. The van der Waals surface area contributed by atoms with Crippen LogP contribution in [0, 0.1) is 0 Å². The highest BCUT2D eigenvalue weighted by molar-refractivity contribution is 9.08. The monoisotopic (exact) mass is 340 g/mol. The molecule has 1 amide bonds. The average Bonchev–Trinajstić information content (AvgIpc) is 2.54. The van der Waals surface area contributed by atoms with Gasteiger partial charge in [-0.2, -0.15) is 0 Å². The number of nitrogens with zero attached hydrogens (tertiary/aromatic N) is 1. The lowest BCUT2D eigenvalue weighted by Gasteiger charge is -2.08. The number of carbonyl (C=O) groups excluding carboxylic acids is 1. The second kappa shape index (κ2) is 6.06. The third-order valence-corrected chi connectivity index (χ3v) is 3.88. The number of aromatic nitrogens is 1. The number of amides is 1. The molecule has 3 rings (SSSR count). The summed E-state index contributed by atoms with van der Waals surface area (Å²) < 4.78 is 0. The van der Waals surface area contributed by atoms with Crippen molar-refractivity contribution in [2.45, 2.75) is 5.33 Å². The molecule has 1 aromatic heterocycles. The van der Waals surface area contributed by atoms with Crippen LogP contribution < -0.4 is 5.32 Å². The first kappa shape index (κ1) is 13.8. The highest BCUT2D eigenvalue weighted by atomic mass is 79.9. The lowest BCUT2D eigenvalue weighted by molar-refractivity contribution is 0.102. The van der Waals surface area contributed by atoms with Gasteiger partial charge < -0.3 is 5.32 Å². The first-order valence-electron chi connectivity index (χ1n) is 6.58. The van der Waals surface area contributed by atoms with Gasteiger partial charge in [0.1, 0.15) is 5.69 Å². The summed E-state index contributed by atoms with van der Waals surface area (Å²) in [5.41, 5.74) is 2.32. The van der Waals surface area contributed by atoms with E-state index in [1.165, 1.54) is 0 Å². The highest BCUT2D eigenvalue weighted by Crippen LogP contribution is 2.19. The van der Waals surface area contributed by atoms with Crippen LogP contribution >= 0.6 is 15.9 Å². The van der Waals surface area contributed by atoms with Crippen LogP contribution in [0.5, 0.6) is 0 Å². The Morgan fingerprint density at radius 2 is 1.95 bits per heavy atom. The Labute approximate surface area is 131 Å². The van der Waals surface area contributed by atoms with Crippen molar-refractivity contribution in [2.75, 3.05) is 5.32 Å². The maximum Gasteiger partial charge on any atom is 0.274 e. The van der Waals surface area contributed by atoms with E-state index in [-0.39, 0.29) is 5.91 Å². The lowest BCUT2D eigenvalue weighted by Crippen LogP contribution is -2.14. The fourth-order valence-corrected chi connectivity index (χ4v) is 2.57. The molecule has 0 aliphatic rings. The molecule has 0 atom stereocenters. The second-order valence-corrected chi connectivity index (χ2v) is 5.23. The topological polar surface area (TPSA) is 42.0 Å². The van der Waals surface area contributed by atoms with Crippen molar-refractivity contribution in [3.05, 3.63) is 72.1 Å². The van der Waals surface area contributed by atoms with E-state index in [9.17, 15) is 4.79 Å². The van der Waals surface area contributed by atoms with Gasteiger partial charge in [-0.15, -0.1) is 0 Å².